The van der Waals surface area contributed by atoms with Gasteiger partial charge in [0.25, 0.3) is 5.91 Å². The number of rotatable bonds is 3. The molecule has 1 aliphatic heterocycles. The molecule has 3 aromatic carbocycles. The zero-order chi connectivity index (χ0) is 19.7. The Morgan fingerprint density at radius 1 is 0.929 bits per heavy atom. The molecular formula is C22H13BrClFN2O. The van der Waals surface area contributed by atoms with E-state index in [1.807, 2.05) is 36.4 Å². The summed E-state index contributed by atoms with van der Waals surface area (Å²) in [5.74, 6) is -0.148. The molecule has 0 bridgehead atoms. The van der Waals surface area contributed by atoms with Gasteiger partial charge >= 0.3 is 0 Å². The first-order chi connectivity index (χ1) is 13.5. The molecule has 1 aliphatic rings. The lowest BCUT2D eigenvalue weighted by Crippen LogP contribution is -2.32. The third-order valence-corrected chi connectivity index (χ3v) is 5.00. The van der Waals surface area contributed by atoms with E-state index in [1.54, 1.807) is 30.3 Å². The second kappa shape index (κ2) is 7.70. The number of benzene rings is 3. The van der Waals surface area contributed by atoms with Crippen LogP contribution < -0.4 is 4.90 Å². The summed E-state index contributed by atoms with van der Waals surface area (Å²) >= 11 is 9.33. The molecule has 0 radical (unpaired) electrons. The van der Waals surface area contributed by atoms with Gasteiger partial charge < -0.3 is 0 Å². The van der Waals surface area contributed by atoms with E-state index in [0.29, 0.717) is 27.8 Å². The molecule has 0 saturated heterocycles. The zero-order valence-corrected chi connectivity index (χ0v) is 16.8. The van der Waals surface area contributed by atoms with E-state index in [-0.39, 0.29) is 11.7 Å². The van der Waals surface area contributed by atoms with Gasteiger partial charge in [-0.1, -0.05) is 39.7 Å². The topological polar surface area (TPSA) is 32.7 Å². The van der Waals surface area contributed by atoms with E-state index in [1.165, 1.54) is 17.0 Å². The summed E-state index contributed by atoms with van der Waals surface area (Å²) < 4.78 is 14.3. The number of hydrogen-bond acceptors (Lipinski definition) is 2. The van der Waals surface area contributed by atoms with Crippen LogP contribution in [0.25, 0.3) is 6.08 Å². The summed E-state index contributed by atoms with van der Waals surface area (Å²) in [6.07, 6.45) is 1.71. The average Bonchev–Trinajstić information content (AvgIpc) is 3.01. The highest BCUT2D eigenvalue weighted by Crippen LogP contribution is 2.29. The van der Waals surface area contributed by atoms with Gasteiger partial charge in [-0.05, 0) is 72.3 Å². The lowest BCUT2D eigenvalue weighted by molar-refractivity contribution is -0.113. The number of carbonyl (C=O) groups is 1. The van der Waals surface area contributed by atoms with Crippen molar-refractivity contribution >= 4 is 51.0 Å². The maximum Gasteiger partial charge on any atom is 0.282 e. The van der Waals surface area contributed by atoms with Crippen LogP contribution in [0.4, 0.5) is 10.1 Å². The second-order valence-corrected chi connectivity index (χ2v) is 7.49. The number of hydrogen-bond donors (Lipinski definition) is 0. The number of aliphatic imine (C=N–C) groups is 1. The fourth-order valence-corrected chi connectivity index (χ4v) is 3.25. The van der Waals surface area contributed by atoms with Crippen LogP contribution in [-0.4, -0.2) is 11.7 Å². The van der Waals surface area contributed by atoms with Gasteiger partial charge in [0.1, 0.15) is 17.3 Å². The van der Waals surface area contributed by atoms with Crippen molar-refractivity contribution in [3.8, 4) is 0 Å². The Hall–Kier alpha value is -2.76. The highest BCUT2D eigenvalue weighted by Gasteiger charge is 2.32. The SMILES string of the molecule is O=C1/C(=C\c2ccc(Cl)cc2)N=C(c2ccc(F)cc2)N1c1ccc(Br)cc1. The van der Waals surface area contributed by atoms with E-state index in [0.717, 1.165) is 10.0 Å². The van der Waals surface area contributed by atoms with Crippen LogP contribution in [0.5, 0.6) is 0 Å². The van der Waals surface area contributed by atoms with Crippen molar-refractivity contribution in [2.24, 2.45) is 4.99 Å². The van der Waals surface area contributed by atoms with Crippen molar-refractivity contribution in [2.45, 2.75) is 0 Å². The summed E-state index contributed by atoms with van der Waals surface area (Å²) in [7, 11) is 0. The first kappa shape index (κ1) is 18.6. The van der Waals surface area contributed by atoms with Crippen LogP contribution in [0.1, 0.15) is 11.1 Å². The zero-order valence-electron chi connectivity index (χ0n) is 14.4. The van der Waals surface area contributed by atoms with E-state index in [4.69, 9.17) is 11.6 Å². The lowest BCUT2D eigenvalue weighted by Gasteiger charge is -2.18. The molecule has 138 valence electrons. The smallest absolute Gasteiger partial charge is 0.266 e. The van der Waals surface area contributed by atoms with Gasteiger partial charge in [-0.3, -0.25) is 9.69 Å². The molecular weight excluding hydrogens is 443 g/mol. The number of anilines is 1. The molecule has 28 heavy (non-hydrogen) atoms. The molecule has 0 fully saturated rings. The third-order valence-electron chi connectivity index (χ3n) is 4.22. The molecule has 3 nitrogen and oxygen atoms in total. The van der Waals surface area contributed by atoms with Crippen LogP contribution >= 0.6 is 27.5 Å². The highest BCUT2D eigenvalue weighted by atomic mass is 79.9. The van der Waals surface area contributed by atoms with E-state index >= 15 is 0 Å². The largest absolute Gasteiger partial charge is 0.282 e. The van der Waals surface area contributed by atoms with E-state index < -0.39 is 0 Å². The summed E-state index contributed by atoms with van der Waals surface area (Å²) in [4.78, 5) is 19.2. The first-order valence-corrected chi connectivity index (χ1v) is 9.60. The number of nitrogens with zero attached hydrogens (tertiary/aromatic N) is 2. The summed E-state index contributed by atoms with van der Waals surface area (Å²) in [5, 5.41) is 0.617. The molecule has 0 atom stereocenters. The standard InChI is InChI=1S/C22H13BrClFN2O/c23-16-5-11-19(12-6-16)27-21(15-3-9-18(25)10-4-15)26-20(22(27)28)13-14-1-7-17(24)8-2-14/h1-13H/b20-13+. The van der Waals surface area contributed by atoms with Crippen LogP contribution in [0.15, 0.2) is 88.0 Å². The minimum absolute atomic E-state index is 0.253. The molecule has 4 rings (SSSR count). The molecule has 0 spiro atoms. The van der Waals surface area contributed by atoms with Gasteiger partial charge in [-0.15, -0.1) is 0 Å². The molecule has 0 unspecified atom stereocenters. The maximum absolute atomic E-state index is 13.4. The highest BCUT2D eigenvalue weighted by molar-refractivity contribution is 9.10. The van der Waals surface area contributed by atoms with Gasteiger partial charge in [-0.2, -0.15) is 0 Å². The summed E-state index contributed by atoms with van der Waals surface area (Å²) in [6, 6.07) is 20.4. The Morgan fingerprint density at radius 2 is 1.57 bits per heavy atom. The molecule has 3 aromatic rings. The molecule has 1 heterocycles. The molecule has 1 amide bonds. The van der Waals surface area contributed by atoms with E-state index in [9.17, 15) is 9.18 Å². The normalized spacial score (nSPS) is 15.2. The maximum atomic E-state index is 13.4. The Bertz CT molecular complexity index is 1090. The monoisotopic (exact) mass is 454 g/mol. The van der Waals surface area contributed by atoms with Crippen molar-refractivity contribution in [2.75, 3.05) is 4.90 Å². The Kier molecular flexibility index (Phi) is 5.11. The molecule has 0 aliphatic carbocycles. The minimum Gasteiger partial charge on any atom is -0.266 e. The minimum atomic E-state index is -0.346. The van der Waals surface area contributed by atoms with Crippen LogP contribution in [0, 0.1) is 5.82 Å². The average molecular weight is 456 g/mol. The Morgan fingerprint density at radius 3 is 2.21 bits per heavy atom. The summed E-state index contributed by atoms with van der Waals surface area (Å²) in [5.41, 5.74) is 2.44. The predicted octanol–water partition coefficient (Wildman–Crippen LogP) is 6.08. The fraction of sp³-hybridized carbons (Fsp3) is 0. The first-order valence-electron chi connectivity index (χ1n) is 8.43. The van der Waals surface area contributed by atoms with Gasteiger partial charge in [0, 0.05) is 15.1 Å². The Balaban J connectivity index is 1.81. The van der Waals surface area contributed by atoms with Gasteiger partial charge in [-0.25, -0.2) is 9.38 Å². The molecule has 0 N–H and O–H groups in total. The second-order valence-electron chi connectivity index (χ2n) is 6.14. The van der Waals surface area contributed by atoms with Crippen LogP contribution in [0.3, 0.4) is 0 Å². The molecule has 0 saturated carbocycles. The van der Waals surface area contributed by atoms with Crippen molar-refractivity contribution in [3.63, 3.8) is 0 Å². The molecule has 0 aromatic heterocycles. The Labute approximate surface area is 174 Å². The molecule has 6 heteroatoms. The van der Waals surface area contributed by atoms with Crippen molar-refractivity contribution in [1.29, 1.82) is 0 Å². The summed E-state index contributed by atoms with van der Waals surface area (Å²) in [6.45, 7) is 0. The third kappa shape index (κ3) is 3.77. The predicted molar refractivity (Wildman–Crippen MR) is 114 cm³/mol. The fourth-order valence-electron chi connectivity index (χ4n) is 2.86. The number of halogens is 3. The lowest BCUT2D eigenvalue weighted by atomic mass is 10.1. The number of amidine groups is 1. The quantitative estimate of drug-likeness (QED) is 0.441. The van der Waals surface area contributed by atoms with Crippen LogP contribution in [-0.2, 0) is 4.79 Å². The van der Waals surface area contributed by atoms with E-state index in [2.05, 4.69) is 20.9 Å². The number of amides is 1. The van der Waals surface area contributed by atoms with Gasteiger partial charge in [0.05, 0.1) is 5.69 Å². The number of carbonyl (C=O) groups excluding carboxylic acids is 1. The van der Waals surface area contributed by atoms with Crippen molar-refractivity contribution in [3.05, 3.63) is 105 Å². The van der Waals surface area contributed by atoms with Gasteiger partial charge in [0.15, 0.2) is 0 Å². The van der Waals surface area contributed by atoms with Crippen molar-refractivity contribution < 1.29 is 9.18 Å². The van der Waals surface area contributed by atoms with Crippen LogP contribution in [0.2, 0.25) is 5.02 Å². The van der Waals surface area contributed by atoms with Gasteiger partial charge in [0.2, 0.25) is 0 Å². The van der Waals surface area contributed by atoms with Crippen molar-refractivity contribution in [1.82, 2.24) is 0 Å².